The van der Waals surface area contributed by atoms with Gasteiger partial charge in [-0.15, -0.1) is 0 Å². The molecule has 0 saturated carbocycles. The Balaban J connectivity index is 2.36. The molecule has 1 aromatic rings. The zero-order valence-electron chi connectivity index (χ0n) is 9.27. The topological polar surface area (TPSA) is 90.1 Å². The van der Waals surface area contributed by atoms with Gasteiger partial charge in [-0.05, 0) is 13.3 Å². The molecule has 1 amide bonds. The lowest BCUT2D eigenvalue weighted by Crippen LogP contribution is -2.15. The summed E-state index contributed by atoms with van der Waals surface area (Å²) in [6.07, 6.45) is 3.76. The van der Waals surface area contributed by atoms with E-state index in [9.17, 15) is 4.79 Å². The Bertz CT molecular complexity index is 343. The second kappa shape index (κ2) is 6.73. The molecule has 3 N–H and O–H groups in total. The van der Waals surface area contributed by atoms with Crippen molar-refractivity contribution in [1.82, 2.24) is 9.97 Å². The maximum Gasteiger partial charge on any atom is 0.268 e. The molecule has 0 atom stereocenters. The van der Waals surface area contributed by atoms with Gasteiger partial charge in [0.05, 0.1) is 12.4 Å². The summed E-state index contributed by atoms with van der Waals surface area (Å²) in [5.41, 5.74) is 5.25. The van der Waals surface area contributed by atoms with E-state index in [2.05, 4.69) is 15.3 Å². The Kier molecular flexibility index (Phi) is 5.21. The van der Waals surface area contributed by atoms with Crippen LogP contribution in [0.4, 0.5) is 5.82 Å². The summed E-state index contributed by atoms with van der Waals surface area (Å²) in [4.78, 5) is 18.7. The van der Waals surface area contributed by atoms with Crippen molar-refractivity contribution in [3.8, 4) is 0 Å². The van der Waals surface area contributed by atoms with Gasteiger partial charge in [-0.3, -0.25) is 9.78 Å². The van der Waals surface area contributed by atoms with E-state index in [0.717, 1.165) is 19.6 Å². The van der Waals surface area contributed by atoms with Crippen LogP contribution in [-0.4, -0.2) is 35.6 Å². The third-order valence-electron chi connectivity index (χ3n) is 1.86. The third kappa shape index (κ3) is 4.22. The normalized spacial score (nSPS) is 10.1. The molecular formula is C10H16N4O2. The van der Waals surface area contributed by atoms with Crippen LogP contribution in [0, 0.1) is 0 Å². The van der Waals surface area contributed by atoms with E-state index in [-0.39, 0.29) is 5.69 Å². The number of aromatic nitrogens is 2. The van der Waals surface area contributed by atoms with Crippen molar-refractivity contribution in [3.05, 3.63) is 18.1 Å². The van der Waals surface area contributed by atoms with Crippen LogP contribution in [0.1, 0.15) is 23.8 Å². The first-order valence-corrected chi connectivity index (χ1v) is 5.17. The van der Waals surface area contributed by atoms with Gasteiger partial charge in [0.1, 0.15) is 11.5 Å². The quantitative estimate of drug-likeness (QED) is 0.655. The van der Waals surface area contributed by atoms with Gasteiger partial charge in [-0.2, -0.15) is 0 Å². The smallest absolute Gasteiger partial charge is 0.268 e. The predicted octanol–water partition coefficient (Wildman–Crippen LogP) is 0.414. The molecule has 0 aliphatic rings. The van der Waals surface area contributed by atoms with Gasteiger partial charge in [-0.25, -0.2) is 4.98 Å². The highest BCUT2D eigenvalue weighted by Crippen LogP contribution is 2.01. The monoisotopic (exact) mass is 224 g/mol. The van der Waals surface area contributed by atoms with Crippen LogP contribution in [0.3, 0.4) is 0 Å². The Morgan fingerprint density at radius 1 is 1.56 bits per heavy atom. The highest BCUT2D eigenvalue weighted by atomic mass is 16.5. The number of nitrogens with one attached hydrogen (secondary N) is 1. The van der Waals surface area contributed by atoms with Crippen LogP contribution in [0.15, 0.2) is 12.4 Å². The second-order valence-electron chi connectivity index (χ2n) is 3.13. The molecule has 1 rings (SSSR count). The third-order valence-corrected chi connectivity index (χ3v) is 1.86. The first-order chi connectivity index (χ1) is 7.74. The number of ether oxygens (including phenoxy) is 1. The predicted molar refractivity (Wildman–Crippen MR) is 60.1 cm³/mol. The van der Waals surface area contributed by atoms with E-state index in [4.69, 9.17) is 10.5 Å². The van der Waals surface area contributed by atoms with Crippen molar-refractivity contribution in [1.29, 1.82) is 0 Å². The molecular weight excluding hydrogens is 208 g/mol. The van der Waals surface area contributed by atoms with Crippen molar-refractivity contribution >= 4 is 11.7 Å². The van der Waals surface area contributed by atoms with Gasteiger partial charge in [0, 0.05) is 19.8 Å². The van der Waals surface area contributed by atoms with Gasteiger partial charge in [-0.1, -0.05) is 0 Å². The second-order valence-corrected chi connectivity index (χ2v) is 3.13. The Labute approximate surface area is 94.2 Å². The highest BCUT2D eigenvalue weighted by Gasteiger charge is 2.03. The summed E-state index contributed by atoms with van der Waals surface area (Å²) in [6, 6.07) is 0. The van der Waals surface area contributed by atoms with Gasteiger partial charge in [0.2, 0.25) is 0 Å². The molecule has 0 unspecified atom stereocenters. The largest absolute Gasteiger partial charge is 0.382 e. The average molecular weight is 224 g/mol. The zero-order valence-corrected chi connectivity index (χ0v) is 9.27. The number of anilines is 1. The number of amides is 1. The van der Waals surface area contributed by atoms with E-state index in [0.29, 0.717) is 12.4 Å². The molecule has 88 valence electrons. The molecule has 0 spiro atoms. The minimum absolute atomic E-state index is 0.162. The molecule has 6 nitrogen and oxygen atoms in total. The summed E-state index contributed by atoms with van der Waals surface area (Å²) in [5, 5.41) is 3.04. The van der Waals surface area contributed by atoms with Crippen molar-refractivity contribution < 1.29 is 9.53 Å². The summed E-state index contributed by atoms with van der Waals surface area (Å²) in [5.74, 6) is -0.0294. The summed E-state index contributed by atoms with van der Waals surface area (Å²) in [7, 11) is 0. The number of hydrogen-bond donors (Lipinski definition) is 2. The lowest BCUT2D eigenvalue weighted by atomic mass is 10.4. The SMILES string of the molecule is CCOCCCNc1cncc(C(N)=O)n1. The van der Waals surface area contributed by atoms with Crippen LogP contribution >= 0.6 is 0 Å². The lowest BCUT2D eigenvalue weighted by molar-refractivity contribution is 0.0995. The number of nitrogens with zero attached hydrogens (tertiary/aromatic N) is 2. The van der Waals surface area contributed by atoms with E-state index in [1.54, 1.807) is 6.20 Å². The van der Waals surface area contributed by atoms with Crippen LogP contribution < -0.4 is 11.1 Å². The van der Waals surface area contributed by atoms with Crippen LogP contribution in [0.25, 0.3) is 0 Å². The fourth-order valence-corrected chi connectivity index (χ4v) is 1.10. The fourth-order valence-electron chi connectivity index (χ4n) is 1.10. The van der Waals surface area contributed by atoms with Crippen LogP contribution in [-0.2, 0) is 4.74 Å². The molecule has 0 saturated heterocycles. The minimum atomic E-state index is -0.578. The van der Waals surface area contributed by atoms with Gasteiger partial charge >= 0.3 is 0 Å². The van der Waals surface area contributed by atoms with E-state index < -0.39 is 5.91 Å². The van der Waals surface area contributed by atoms with Crippen molar-refractivity contribution in [2.24, 2.45) is 5.73 Å². The number of hydrogen-bond acceptors (Lipinski definition) is 5. The summed E-state index contributed by atoms with van der Waals surface area (Å²) < 4.78 is 5.18. The Morgan fingerprint density at radius 3 is 3.06 bits per heavy atom. The molecule has 0 radical (unpaired) electrons. The standard InChI is InChI=1S/C10H16N4O2/c1-2-16-5-3-4-13-9-7-12-6-8(14-9)10(11)15/h6-7H,2-5H2,1H3,(H2,11,15)(H,13,14). The lowest BCUT2D eigenvalue weighted by Gasteiger charge is -2.05. The summed E-state index contributed by atoms with van der Waals surface area (Å²) in [6.45, 7) is 4.09. The van der Waals surface area contributed by atoms with Gasteiger partial charge in [0.15, 0.2) is 0 Å². The average Bonchev–Trinajstić information content (AvgIpc) is 2.29. The first kappa shape index (κ1) is 12.4. The number of carbonyl (C=O) groups excluding carboxylic acids is 1. The molecule has 16 heavy (non-hydrogen) atoms. The maximum atomic E-state index is 10.8. The molecule has 0 aromatic carbocycles. The molecule has 0 bridgehead atoms. The Morgan fingerprint density at radius 2 is 2.38 bits per heavy atom. The van der Waals surface area contributed by atoms with Crippen molar-refractivity contribution in [2.45, 2.75) is 13.3 Å². The molecule has 0 fully saturated rings. The Hall–Kier alpha value is -1.69. The highest BCUT2D eigenvalue weighted by molar-refractivity contribution is 5.90. The maximum absolute atomic E-state index is 10.8. The number of nitrogens with two attached hydrogens (primary N) is 1. The molecule has 6 heteroatoms. The summed E-state index contributed by atoms with van der Waals surface area (Å²) >= 11 is 0. The van der Waals surface area contributed by atoms with Crippen molar-refractivity contribution in [2.75, 3.05) is 25.1 Å². The molecule has 1 aromatic heterocycles. The number of rotatable bonds is 7. The fraction of sp³-hybridized carbons (Fsp3) is 0.500. The van der Waals surface area contributed by atoms with E-state index in [1.807, 2.05) is 6.92 Å². The first-order valence-electron chi connectivity index (χ1n) is 5.17. The molecule has 0 aliphatic carbocycles. The minimum Gasteiger partial charge on any atom is -0.382 e. The van der Waals surface area contributed by atoms with Crippen molar-refractivity contribution in [3.63, 3.8) is 0 Å². The number of primary amides is 1. The molecule has 1 heterocycles. The van der Waals surface area contributed by atoms with Crippen LogP contribution in [0.2, 0.25) is 0 Å². The number of carbonyl (C=O) groups is 1. The van der Waals surface area contributed by atoms with E-state index in [1.165, 1.54) is 6.20 Å². The van der Waals surface area contributed by atoms with Crippen LogP contribution in [0.5, 0.6) is 0 Å². The van der Waals surface area contributed by atoms with Gasteiger partial charge in [0.25, 0.3) is 5.91 Å². The van der Waals surface area contributed by atoms with E-state index >= 15 is 0 Å². The van der Waals surface area contributed by atoms with Gasteiger partial charge < -0.3 is 15.8 Å². The molecule has 0 aliphatic heterocycles. The zero-order chi connectivity index (χ0) is 11.8.